The Morgan fingerprint density at radius 2 is 1.64 bits per heavy atom. The van der Waals surface area contributed by atoms with Crippen LogP contribution in [0.25, 0.3) is 32.8 Å². The lowest BCUT2D eigenvalue weighted by atomic mass is 9.59. The molecule has 0 aliphatic carbocycles. The van der Waals surface area contributed by atoms with Crippen LogP contribution in [-0.4, -0.2) is 0 Å². The summed E-state index contributed by atoms with van der Waals surface area (Å²) in [6.07, 6.45) is 10.2. The predicted octanol–water partition coefficient (Wildman–Crippen LogP) is 8.26. The molecule has 4 aromatic rings. The van der Waals surface area contributed by atoms with E-state index in [1.165, 1.54) is 56.8 Å². The molecule has 2 atom stereocenters. The quantitative estimate of drug-likeness (QED) is 0.212. The van der Waals surface area contributed by atoms with Crippen LogP contribution in [0.4, 0.5) is 0 Å². The summed E-state index contributed by atoms with van der Waals surface area (Å²) in [5.74, 6) is 0. The molecular weight excluding hydrogens is 398 g/mol. The van der Waals surface area contributed by atoms with Crippen molar-refractivity contribution in [1.82, 2.24) is 0 Å². The Bertz CT molecular complexity index is 1360. The topological polar surface area (TPSA) is 3.88 Å². The second-order valence-corrected chi connectivity index (χ2v) is 9.93. The van der Waals surface area contributed by atoms with E-state index in [-0.39, 0.29) is 11.0 Å². The molecule has 0 bridgehead atoms. The number of rotatable bonds is 6. The highest BCUT2D eigenvalue weighted by atomic mass is 15.1. The van der Waals surface area contributed by atoms with Gasteiger partial charge < -0.3 is 0 Å². The van der Waals surface area contributed by atoms with Crippen LogP contribution >= 0.6 is 0 Å². The van der Waals surface area contributed by atoms with E-state index in [0.717, 1.165) is 19.3 Å². The first-order valence-electron chi connectivity index (χ1n) is 12.7. The van der Waals surface area contributed by atoms with Crippen LogP contribution in [0.2, 0.25) is 0 Å². The lowest BCUT2D eigenvalue weighted by molar-refractivity contribution is -0.755. The second kappa shape index (κ2) is 8.13. The largest absolute Gasteiger partial charge is 0.221 e. The fraction of sp³-hybridized carbons (Fsp3) is 0.344. The van der Waals surface area contributed by atoms with Crippen molar-refractivity contribution in [3.8, 4) is 11.3 Å². The Balaban J connectivity index is 1.95. The van der Waals surface area contributed by atoms with Crippen molar-refractivity contribution in [2.45, 2.75) is 70.8 Å². The van der Waals surface area contributed by atoms with Gasteiger partial charge >= 0.3 is 0 Å². The van der Waals surface area contributed by atoms with Gasteiger partial charge in [-0.2, -0.15) is 4.57 Å². The number of aryl methyl sites for hydroxylation is 1. The van der Waals surface area contributed by atoms with Gasteiger partial charge in [-0.05, 0) is 77.7 Å². The summed E-state index contributed by atoms with van der Waals surface area (Å²) in [7, 11) is 0. The van der Waals surface area contributed by atoms with Crippen LogP contribution in [0.1, 0.15) is 64.5 Å². The lowest BCUT2D eigenvalue weighted by Gasteiger charge is -2.46. The third-order valence-electron chi connectivity index (χ3n) is 8.59. The van der Waals surface area contributed by atoms with Crippen LogP contribution in [-0.2, 0) is 17.4 Å². The molecule has 1 aromatic heterocycles. The highest BCUT2D eigenvalue weighted by molar-refractivity contribution is 5.99. The SMILES string of the molecule is C=CC1(CC)[n+]2ccc3c(CCCC)cccc3c2-c2cc3ccccc3cc2C1(C)CC. The van der Waals surface area contributed by atoms with Gasteiger partial charge in [0.1, 0.15) is 0 Å². The molecule has 1 heteroatoms. The van der Waals surface area contributed by atoms with Gasteiger partial charge in [0.05, 0.1) is 16.4 Å². The van der Waals surface area contributed by atoms with Gasteiger partial charge in [-0.15, -0.1) is 0 Å². The van der Waals surface area contributed by atoms with Crippen molar-refractivity contribution in [2.75, 3.05) is 0 Å². The van der Waals surface area contributed by atoms with E-state index in [4.69, 9.17) is 0 Å². The van der Waals surface area contributed by atoms with Crippen molar-refractivity contribution in [3.63, 3.8) is 0 Å². The maximum atomic E-state index is 4.42. The van der Waals surface area contributed by atoms with Crippen molar-refractivity contribution >= 4 is 21.5 Å². The predicted molar refractivity (Wildman–Crippen MR) is 142 cm³/mol. The van der Waals surface area contributed by atoms with Crippen LogP contribution < -0.4 is 4.57 Å². The molecule has 0 fully saturated rings. The molecule has 0 spiro atoms. The third-order valence-corrected chi connectivity index (χ3v) is 8.59. The number of allylic oxidation sites excluding steroid dienone is 1. The molecule has 3 aromatic carbocycles. The van der Waals surface area contributed by atoms with Gasteiger partial charge in [-0.1, -0.05) is 70.2 Å². The summed E-state index contributed by atoms with van der Waals surface area (Å²) < 4.78 is 2.56. The van der Waals surface area contributed by atoms with Crippen LogP contribution in [0.3, 0.4) is 0 Å². The zero-order chi connectivity index (χ0) is 23.2. The maximum absolute atomic E-state index is 4.42. The average molecular weight is 435 g/mol. The van der Waals surface area contributed by atoms with Gasteiger partial charge in [-0.3, -0.25) is 0 Å². The molecule has 0 saturated carbocycles. The highest BCUT2D eigenvalue weighted by Gasteiger charge is 2.58. The minimum Gasteiger partial charge on any atom is -0.188 e. The molecule has 1 nitrogen and oxygen atoms in total. The molecule has 5 rings (SSSR count). The number of nitrogens with zero attached hydrogens (tertiary/aromatic N) is 1. The fourth-order valence-corrected chi connectivity index (χ4v) is 6.48. The zero-order valence-electron chi connectivity index (χ0n) is 20.6. The van der Waals surface area contributed by atoms with E-state index in [0.29, 0.717) is 0 Å². The summed E-state index contributed by atoms with van der Waals surface area (Å²) in [6.45, 7) is 13.8. The summed E-state index contributed by atoms with van der Waals surface area (Å²) in [4.78, 5) is 0. The van der Waals surface area contributed by atoms with Gasteiger partial charge in [0.15, 0.2) is 11.7 Å². The van der Waals surface area contributed by atoms with Gasteiger partial charge in [0.2, 0.25) is 5.69 Å². The van der Waals surface area contributed by atoms with E-state index < -0.39 is 0 Å². The van der Waals surface area contributed by atoms with Crippen molar-refractivity contribution in [2.24, 2.45) is 0 Å². The molecule has 33 heavy (non-hydrogen) atoms. The van der Waals surface area contributed by atoms with Crippen LogP contribution in [0.5, 0.6) is 0 Å². The normalized spacial score (nSPS) is 21.7. The average Bonchev–Trinajstić information content (AvgIpc) is 2.86. The molecule has 2 heterocycles. The van der Waals surface area contributed by atoms with E-state index in [9.17, 15) is 0 Å². The molecule has 168 valence electrons. The van der Waals surface area contributed by atoms with Crippen molar-refractivity contribution in [3.05, 3.63) is 90.6 Å². The standard InChI is InChI=1S/C32H36N/c1-6-10-14-23-17-13-18-27-26(23)19-20-33-30(27)28-21-24-15-11-12-16-25(24)22-29(28)31(5,7-2)32(33,8-3)9-4/h8,11-13,15-22H,3,6-7,9-10,14H2,1-2,4-5H3/q+1. The number of fused-ring (bicyclic) bond motifs is 6. The third kappa shape index (κ3) is 2.94. The molecule has 1 aliphatic rings. The van der Waals surface area contributed by atoms with Crippen molar-refractivity contribution < 1.29 is 4.57 Å². The van der Waals surface area contributed by atoms with Gasteiger partial charge in [-0.25, -0.2) is 0 Å². The lowest BCUT2D eigenvalue weighted by Crippen LogP contribution is -2.68. The summed E-state index contributed by atoms with van der Waals surface area (Å²) in [6, 6.07) is 23.0. The Morgan fingerprint density at radius 3 is 2.30 bits per heavy atom. The number of aromatic nitrogens is 1. The first-order valence-corrected chi connectivity index (χ1v) is 12.7. The van der Waals surface area contributed by atoms with E-state index in [1.807, 2.05) is 0 Å². The van der Waals surface area contributed by atoms with E-state index in [2.05, 4.69) is 112 Å². The van der Waals surface area contributed by atoms with E-state index >= 15 is 0 Å². The number of hydrogen-bond donors (Lipinski definition) is 0. The first kappa shape index (κ1) is 21.9. The number of unbranched alkanes of at least 4 members (excludes halogenated alkanes) is 1. The van der Waals surface area contributed by atoms with Gasteiger partial charge in [0, 0.05) is 12.5 Å². The van der Waals surface area contributed by atoms with Crippen LogP contribution in [0, 0.1) is 0 Å². The molecule has 1 aliphatic heterocycles. The fourth-order valence-electron chi connectivity index (χ4n) is 6.48. The summed E-state index contributed by atoms with van der Waals surface area (Å²) >= 11 is 0. The second-order valence-electron chi connectivity index (χ2n) is 9.93. The summed E-state index contributed by atoms with van der Waals surface area (Å²) in [5, 5.41) is 5.39. The Kier molecular flexibility index (Phi) is 5.40. The number of benzene rings is 3. The zero-order valence-corrected chi connectivity index (χ0v) is 20.6. The summed E-state index contributed by atoms with van der Waals surface area (Å²) in [5.41, 5.74) is 5.41. The molecule has 2 unspecified atom stereocenters. The van der Waals surface area contributed by atoms with Gasteiger partial charge in [0.25, 0.3) is 0 Å². The molecule has 0 amide bonds. The monoisotopic (exact) mass is 434 g/mol. The van der Waals surface area contributed by atoms with Crippen LogP contribution in [0.15, 0.2) is 79.5 Å². The smallest absolute Gasteiger partial charge is 0.188 e. The molecule has 0 N–H and O–H groups in total. The first-order chi connectivity index (χ1) is 16.0. The molecular formula is C32H36N+. The maximum Gasteiger partial charge on any atom is 0.221 e. The van der Waals surface area contributed by atoms with Crippen molar-refractivity contribution in [1.29, 1.82) is 0 Å². The Hall–Kier alpha value is -2.93. The Labute approximate surface area is 198 Å². The minimum absolute atomic E-state index is 0.0476. The number of pyridine rings is 1. The highest BCUT2D eigenvalue weighted by Crippen LogP contribution is 2.52. The van der Waals surface area contributed by atoms with E-state index in [1.54, 1.807) is 0 Å². The Morgan fingerprint density at radius 1 is 0.879 bits per heavy atom. The molecule has 0 radical (unpaired) electrons. The molecule has 0 saturated heterocycles. The minimum atomic E-state index is -0.180. The number of hydrogen-bond acceptors (Lipinski definition) is 0.